The summed E-state index contributed by atoms with van der Waals surface area (Å²) >= 11 is 0. The third-order valence-electron chi connectivity index (χ3n) is 2.36. The lowest BCUT2D eigenvalue weighted by atomic mass is 10.2. The zero-order valence-electron chi connectivity index (χ0n) is 8.46. The molecule has 1 atom stereocenters. The Morgan fingerprint density at radius 3 is 2.43 bits per heavy atom. The molecule has 0 aromatic carbocycles. The Kier molecular flexibility index (Phi) is 3.10. The van der Waals surface area contributed by atoms with Gasteiger partial charge in [-0.15, -0.1) is 0 Å². The van der Waals surface area contributed by atoms with Crippen LogP contribution in [0.3, 0.4) is 0 Å². The summed E-state index contributed by atoms with van der Waals surface area (Å²) in [6, 6.07) is -0.545. The number of aliphatic hydroxyl groups is 1. The van der Waals surface area contributed by atoms with Crippen molar-refractivity contribution in [2.75, 3.05) is 6.61 Å². The van der Waals surface area contributed by atoms with Crippen LogP contribution in [0, 0.1) is 0 Å². The molecule has 0 heterocycles. The highest BCUT2D eigenvalue weighted by Crippen LogP contribution is 2.34. The van der Waals surface area contributed by atoms with Crippen LogP contribution in [0.2, 0.25) is 0 Å². The second-order valence-electron chi connectivity index (χ2n) is 3.85. The van der Waals surface area contributed by atoms with Gasteiger partial charge in [-0.1, -0.05) is 0 Å². The zero-order valence-corrected chi connectivity index (χ0v) is 8.46. The molecule has 0 aromatic rings. The number of nitrogens with one attached hydrogen (secondary N) is 2. The molecular weight excluding hydrogens is 184 g/mol. The van der Waals surface area contributed by atoms with Crippen LogP contribution in [0.15, 0.2) is 0 Å². The smallest absolute Gasteiger partial charge is 0.242 e. The van der Waals surface area contributed by atoms with E-state index in [0.717, 1.165) is 12.8 Å². The van der Waals surface area contributed by atoms with Crippen molar-refractivity contribution < 1.29 is 14.7 Å². The fourth-order valence-corrected chi connectivity index (χ4v) is 1.21. The molecule has 1 unspecified atom stereocenters. The number of aliphatic hydroxyl groups excluding tert-OH is 1. The molecule has 0 aliphatic heterocycles. The van der Waals surface area contributed by atoms with Gasteiger partial charge in [0, 0.05) is 6.92 Å². The molecule has 1 aliphatic rings. The number of hydrogen-bond donors (Lipinski definition) is 3. The molecule has 2 amide bonds. The lowest BCUT2D eigenvalue weighted by Gasteiger charge is -2.18. The summed E-state index contributed by atoms with van der Waals surface area (Å²) in [5, 5.41) is 14.2. The molecule has 5 nitrogen and oxygen atoms in total. The van der Waals surface area contributed by atoms with Crippen molar-refractivity contribution in [1.82, 2.24) is 10.6 Å². The average Bonchev–Trinajstić information content (AvgIpc) is 2.84. The quantitative estimate of drug-likeness (QED) is 0.553. The molecule has 1 aliphatic carbocycles. The van der Waals surface area contributed by atoms with E-state index >= 15 is 0 Å². The van der Waals surface area contributed by atoms with Gasteiger partial charge >= 0.3 is 0 Å². The first-order valence-corrected chi connectivity index (χ1v) is 4.69. The predicted octanol–water partition coefficient (Wildman–Crippen LogP) is -0.848. The van der Waals surface area contributed by atoms with Crippen LogP contribution in [0.4, 0.5) is 0 Å². The van der Waals surface area contributed by atoms with E-state index in [4.69, 9.17) is 5.11 Å². The highest BCUT2D eigenvalue weighted by atomic mass is 16.3. The maximum atomic E-state index is 11.5. The van der Waals surface area contributed by atoms with E-state index in [1.165, 1.54) is 6.92 Å². The van der Waals surface area contributed by atoms with E-state index in [9.17, 15) is 9.59 Å². The highest BCUT2D eigenvalue weighted by molar-refractivity contribution is 5.87. The maximum absolute atomic E-state index is 11.5. The second-order valence-corrected chi connectivity index (χ2v) is 3.85. The summed E-state index contributed by atoms with van der Waals surface area (Å²) < 4.78 is 0. The number of hydrogen-bond acceptors (Lipinski definition) is 3. The number of carbonyl (C=O) groups excluding carboxylic acids is 2. The molecule has 0 spiro atoms. The van der Waals surface area contributed by atoms with Gasteiger partial charge < -0.3 is 15.7 Å². The van der Waals surface area contributed by atoms with Crippen molar-refractivity contribution in [2.24, 2.45) is 0 Å². The van der Waals surface area contributed by atoms with Crippen molar-refractivity contribution in [3.05, 3.63) is 0 Å². The van der Waals surface area contributed by atoms with Gasteiger partial charge in [0.15, 0.2) is 0 Å². The van der Waals surface area contributed by atoms with Crippen LogP contribution in [-0.2, 0) is 9.59 Å². The summed E-state index contributed by atoms with van der Waals surface area (Å²) in [4.78, 5) is 22.1. The molecule has 1 saturated carbocycles. The fourth-order valence-electron chi connectivity index (χ4n) is 1.21. The molecule has 0 radical (unpaired) electrons. The van der Waals surface area contributed by atoms with Crippen molar-refractivity contribution in [3.63, 3.8) is 0 Å². The summed E-state index contributed by atoms with van der Waals surface area (Å²) in [5.41, 5.74) is -0.413. The molecule has 1 rings (SSSR count). The minimum Gasteiger partial charge on any atom is -0.394 e. The van der Waals surface area contributed by atoms with Crippen molar-refractivity contribution in [2.45, 2.75) is 38.3 Å². The van der Waals surface area contributed by atoms with E-state index in [-0.39, 0.29) is 18.4 Å². The van der Waals surface area contributed by atoms with E-state index in [1.54, 1.807) is 6.92 Å². The largest absolute Gasteiger partial charge is 0.394 e. The van der Waals surface area contributed by atoms with Crippen LogP contribution in [0.5, 0.6) is 0 Å². The van der Waals surface area contributed by atoms with Crippen molar-refractivity contribution >= 4 is 11.8 Å². The van der Waals surface area contributed by atoms with Gasteiger partial charge in [-0.05, 0) is 19.8 Å². The fraction of sp³-hybridized carbons (Fsp3) is 0.778. The third-order valence-corrected chi connectivity index (χ3v) is 2.36. The Morgan fingerprint density at radius 1 is 1.50 bits per heavy atom. The highest BCUT2D eigenvalue weighted by Gasteiger charge is 2.43. The molecule has 1 fully saturated rings. The Morgan fingerprint density at radius 2 is 2.07 bits per heavy atom. The molecule has 5 heteroatoms. The van der Waals surface area contributed by atoms with Gasteiger partial charge in [-0.2, -0.15) is 0 Å². The summed E-state index contributed by atoms with van der Waals surface area (Å²) in [6.45, 7) is 2.94. The predicted molar refractivity (Wildman–Crippen MR) is 50.5 cm³/mol. The first-order valence-electron chi connectivity index (χ1n) is 4.69. The van der Waals surface area contributed by atoms with Crippen LogP contribution in [0.1, 0.15) is 26.7 Å². The van der Waals surface area contributed by atoms with Gasteiger partial charge in [0.2, 0.25) is 11.8 Å². The third kappa shape index (κ3) is 2.70. The molecule has 0 saturated heterocycles. The first-order chi connectivity index (χ1) is 6.49. The van der Waals surface area contributed by atoms with E-state index in [1.807, 2.05) is 0 Å². The van der Waals surface area contributed by atoms with E-state index in [0.29, 0.717) is 0 Å². The van der Waals surface area contributed by atoms with Gasteiger partial charge in [-0.3, -0.25) is 9.59 Å². The SMILES string of the molecule is CC(=O)NC(C)C(=O)NC1(CO)CC1. The summed E-state index contributed by atoms with van der Waals surface area (Å²) in [7, 11) is 0. The lowest BCUT2D eigenvalue weighted by molar-refractivity contribution is -0.128. The molecular formula is C9H16N2O3. The number of amides is 2. The Bertz CT molecular complexity index is 248. The Labute approximate surface area is 82.9 Å². The molecule has 14 heavy (non-hydrogen) atoms. The topological polar surface area (TPSA) is 78.4 Å². The van der Waals surface area contributed by atoms with Gasteiger partial charge in [0.1, 0.15) is 6.04 Å². The van der Waals surface area contributed by atoms with Gasteiger partial charge in [0.25, 0.3) is 0 Å². The minimum absolute atomic E-state index is 0.0362. The Hall–Kier alpha value is -1.10. The normalized spacial score (nSPS) is 19.6. The zero-order chi connectivity index (χ0) is 10.8. The van der Waals surface area contributed by atoms with E-state index < -0.39 is 11.6 Å². The molecule has 3 N–H and O–H groups in total. The van der Waals surface area contributed by atoms with E-state index in [2.05, 4.69) is 10.6 Å². The van der Waals surface area contributed by atoms with Gasteiger partial charge in [-0.25, -0.2) is 0 Å². The number of rotatable bonds is 4. The molecule has 0 aromatic heterocycles. The van der Waals surface area contributed by atoms with Crippen LogP contribution < -0.4 is 10.6 Å². The lowest BCUT2D eigenvalue weighted by Crippen LogP contribution is -2.49. The van der Waals surface area contributed by atoms with Crippen LogP contribution >= 0.6 is 0 Å². The summed E-state index contributed by atoms with van der Waals surface area (Å²) in [6.07, 6.45) is 1.62. The average molecular weight is 200 g/mol. The maximum Gasteiger partial charge on any atom is 0.242 e. The van der Waals surface area contributed by atoms with Crippen LogP contribution in [-0.4, -0.2) is 35.1 Å². The van der Waals surface area contributed by atoms with Crippen molar-refractivity contribution in [3.8, 4) is 0 Å². The Balaban J connectivity index is 2.38. The second kappa shape index (κ2) is 3.96. The van der Waals surface area contributed by atoms with Crippen LogP contribution in [0.25, 0.3) is 0 Å². The summed E-state index contributed by atoms with van der Waals surface area (Å²) in [5.74, 6) is -0.478. The standard InChI is InChI=1S/C9H16N2O3/c1-6(10-7(2)13)8(14)11-9(5-12)3-4-9/h6,12H,3-5H2,1-2H3,(H,10,13)(H,11,14). The first kappa shape index (κ1) is 11.0. The molecule has 80 valence electrons. The number of carbonyl (C=O) groups is 2. The van der Waals surface area contributed by atoms with Gasteiger partial charge in [0.05, 0.1) is 12.1 Å². The van der Waals surface area contributed by atoms with Crippen molar-refractivity contribution in [1.29, 1.82) is 0 Å². The monoisotopic (exact) mass is 200 g/mol. The molecule has 0 bridgehead atoms. The minimum atomic E-state index is -0.545.